The van der Waals surface area contributed by atoms with Crippen molar-refractivity contribution in [3.05, 3.63) is 69.1 Å². The normalized spacial score (nSPS) is 13.5. The zero-order valence-electron chi connectivity index (χ0n) is 24.5. The highest BCUT2D eigenvalue weighted by Crippen LogP contribution is 2.43. The number of hydrogen-bond donors (Lipinski definition) is 3. The van der Waals surface area contributed by atoms with Gasteiger partial charge in [-0.1, -0.05) is 6.07 Å². The molecule has 0 spiro atoms. The Morgan fingerprint density at radius 2 is 1.61 bits per heavy atom. The number of alkyl carbamates (subject to hydrolysis) is 1. The number of rotatable bonds is 6. The first kappa shape index (κ1) is 29.6. The molecular weight excluding hydrogens is 526 g/mol. The third kappa shape index (κ3) is 7.06. The quantitative estimate of drug-likeness (QED) is 0.324. The molecule has 3 aromatic rings. The number of aromatic carboxylic acids is 1. The molecule has 0 atom stereocenters. The van der Waals surface area contributed by atoms with Crippen molar-refractivity contribution in [1.82, 2.24) is 9.72 Å². The molecule has 1 aliphatic rings. The number of benzene rings is 1. The lowest BCUT2D eigenvalue weighted by Crippen LogP contribution is -2.32. The first-order valence-corrected chi connectivity index (χ1v) is 13.6. The fraction of sp³-hybridized carbons (Fsp3) is 0.419. The summed E-state index contributed by atoms with van der Waals surface area (Å²) in [6.45, 7) is 12.6. The summed E-state index contributed by atoms with van der Waals surface area (Å²) >= 11 is 0. The predicted molar refractivity (Wildman–Crippen MR) is 156 cm³/mol. The van der Waals surface area contributed by atoms with Crippen molar-refractivity contribution < 1.29 is 29.0 Å². The molecule has 0 radical (unpaired) electrons. The summed E-state index contributed by atoms with van der Waals surface area (Å²) in [5.74, 6) is -1.05. The van der Waals surface area contributed by atoms with Gasteiger partial charge < -0.3 is 19.9 Å². The third-order valence-electron chi connectivity index (χ3n) is 6.53. The minimum Gasteiger partial charge on any atom is -0.477 e. The van der Waals surface area contributed by atoms with Gasteiger partial charge >= 0.3 is 18.2 Å². The number of hydrogen-bond acceptors (Lipinski definition) is 6. The van der Waals surface area contributed by atoms with Crippen molar-refractivity contribution >= 4 is 29.4 Å². The number of anilines is 1. The van der Waals surface area contributed by atoms with Gasteiger partial charge in [0, 0.05) is 18.4 Å². The van der Waals surface area contributed by atoms with Crippen LogP contribution in [0.3, 0.4) is 0 Å². The average molecular weight is 564 g/mol. The highest BCUT2D eigenvalue weighted by Gasteiger charge is 2.29. The number of amides is 2. The van der Waals surface area contributed by atoms with Crippen LogP contribution >= 0.6 is 0 Å². The van der Waals surface area contributed by atoms with E-state index in [-0.39, 0.29) is 18.0 Å². The van der Waals surface area contributed by atoms with Crippen LogP contribution in [-0.2, 0) is 16.0 Å². The van der Waals surface area contributed by atoms with Crippen molar-refractivity contribution in [2.45, 2.75) is 85.0 Å². The number of carboxylic acid groups (broad SMARTS) is 1. The van der Waals surface area contributed by atoms with E-state index in [1.54, 1.807) is 59.9 Å². The second kappa shape index (κ2) is 10.9. The van der Waals surface area contributed by atoms with Gasteiger partial charge in [-0.2, -0.15) is 0 Å². The summed E-state index contributed by atoms with van der Waals surface area (Å²) in [5.41, 5.74) is 2.85. The van der Waals surface area contributed by atoms with Crippen LogP contribution in [0.2, 0.25) is 0 Å². The molecule has 0 bridgehead atoms. The number of aryl methyl sites for hydroxylation is 1. The van der Waals surface area contributed by atoms with Gasteiger partial charge in [0.05, 0.1) is 5.52 Å². The van der Waals surface area contributed by atoms with E-state index in [0.29, 0.717) is 16.8 Å². The molecule has 0 unspecified atom stereocenters. The van der Waals surface area contributed by atoms with Gasteiger partial charge in [0.15, 0.2) is 0 Å². The second-order valence-corrected chi connectivity index (χ2v) is 12.3. The molecule has 4 rings (SSSR count). The van der Waals surface area contributed by atoms with Gasteiger partial charge in [0.25, 0.3) is 5.56 Å². The van der Waals surface area contributed by atoms with E-state index in [4.69, 9.17) is 9.47 Å². The predicted octanol–water partition coefficient (Wildman–Crippen LogP) is 6.22. The van der Waals surface area contributed by atoms with E-state index in [1.807, 2.05) is 19.1 Å². The summed E-state index contributed by atoms with van der Waals surface area (Å²) in [6, 6.07) is 8.70. The van der Waals surface area contributed by atoms with Crippen LogP contribution in [0.1, 0.15) is 87.4 Å². The van der Waals surface area contributed by atoms with Gasteiger partial charge in [-0.25, -0.2) is 14.4 Å². The topological polar surface area (TPSA) is 135 Å². The number of fused-ring (bicyclic) bond motifs is 1. The fourth-order valence-corrected chi connectivity index (χ4v) is 4.69. The maximum Gasteiger partial charge on any atom is 0.412 e. The standard InChI is InChI=1S/C31H37N3O7/c1-17-21(12-13-34-25(17)22(18-8-9-18)15-23(26(34)35)27(36)37)19-10-11-24(33-29(39)41-31(5,6)7)20(14-19)16-32-28(38)40-30(2,3)4/h10-15,18H,8-9,16H2,1-7H3,(H,32,38)(H,33,39)(H,36,37). The Morgan fingerprint density at radius 3 is 2.20 bits per heavy atom. The Hall–Kier alpha value is -4.34. The maximum absolute atomic E-state index is 13.0. The number of nitrogens with one attached hydrogen (secondary N) is 2. The zero-order chi connectivity index (χ0) is 30.3. The Balaban J connectivity index is 1.78. The molecule has 2 aromatic heterocycles. The summed E-state index contributed by atoms with van der Waals surface area (Å²) in [6.07, 6.45) is 2.23. The molecule has 0 saturated heterocycles. The van der Waals surface area contributed by atoms with E-state index >= 15 is 0 Å². The van der Waals surface area contributed by atoms with Crippen LogP contribution in [-0.4, -0.2) is 38.9 Å². The minimum atomic E-state index is -1.25. The van der Waals surface area contributed by atoms with Crippen molar-refractivity contribution in [3.8, 4) is 11.1 Å². The summed E-state index contributed by atoms with van der Waals surface area (Å²) in [4.78, 5) is 49.7. The van der Waals surface area contributed by atoms with Crippen LogP contribution in [0, 0.1) is 6.92 Å². The Labute approximate surface area is 238 Å². The van der Waals surface area contributed by atoms with E-state index < -0.39 is 34.9 Å². The summed E-state index contributed by atoms with van der Waals surface area (Å²) < 4.78 is 12.2. The molecule has 3 N–H and O–H groups in total. The van der Waals surface area contributed by atoms with Gasteiger partial charge in [0.1, 0.15) is 16.8 Å². The summed E-state index contributed by atoms with van der Waals surface area (Å²) in [7, 11) is 0. The molecule has 1 aliphatic carbocycles. The molecule has 1 saturated carbocycles. The monoisotopic (exact) mass is 563 g/mol. The molecule has 218 valence electrons. The van der Waals surface area contributed by atoms with E-state index in [2.05, 4.69) is 10.6 Å². The summed E-state index contributed by atoms with van der Waals surface area (Å²) in [5, 5.41) is 15.1. The van der Waals surface area contributed by atoms with Gasteiger partial charge in [-0.3, -0.25) is 14.5 Å². The molecule has 10 heteroatoms. The van der Waals surface area contributed by atoms with E-state index in [1.165, 1.54) is 10.5 Å². The van der Waals surface area contributed by atoms with Gasteiger partial charge in [0.2, 0.25) is 0 Å². The van der Waals surface area contributed by atoms with Crippen LogP contribution in [0.25, 0.3) is 16.6 Å². The van der Waals surface area contributed by atoms with Crippen LogP contribution in [0.5, 0.6) is 0 Å². The largest absolute Gasteiger partial charge is 0.477 e. The Kier molecular flexibility index (Phi) is 7.89. The molecule has 10 nitrogen and oxygen atoms in total. The van der Waals surface area contributed by atoms with Crippen molar-refractivity contribution in [2.75, 3.05) is 5.32 Å². The van der Waals surface area contributed by atoms with Crippen LogP contribution in [0.4, 0.5) is 15.3 Å². The van der Waals surface area contributed by atoms with Gasteiger partial charge in [-0.15, -0.1) is 0 Å². The highest BCUT2D eigenvalue weighted by molar-refractivity contribution is 5.90. The number of nitrogens with zero attached hydrogens (tertiary/aromatic N) is 1. The number of ether oxygens (including phenoxy) is 2. The smallest absolute Gasteiger partial charge is 0.412 e. The fourth-order valence-electron chi connectivity index (χ4n) is 4.69. The van der Waals surface area contributed by atoms with Gasteiger partial charge in [-0.05, 0) is 119 Å². The number of pyridine rings is 2. The Bertz CT molecular complexity index is 1590. The maximum atomic E-state index is 13.0. The molecular formula is C31H37N3O7. The molecule has 2 heterocycles. The SMILES string of the molecule is Cc1c(-c2ccc(NC(=O)OC(C)(C)C)c(CNC(=O)OC(C)(C)C)c2)ccn2c(=O)c(C(=O)O)cc(C3CC3)c12. The first-order valence-electron chi connectivity index (χ1n) is 13.6. The molecule has 1 aromatic carbocycles. The molecule has 41 heavy (non-hydrogen) atoms. The Morgan fingerprint density at radius 1 is 0.976 bits per heavy atom. The molecule has 2 amide bonds. The molecule has 1 fully saturated rings. The van der Waals surface area contributed by atoms with E-state index in [9.17, 15) is 24.3 Å². The lowest BCUT2D eigenvalue weighted by molar-refractivity contribution is 0.0522. The minimum absolute atomic E-state index is 0.0647. The number of carbonyl (C=O) groups is 3. The van der Waals surface area contributed by atoms with Crippen LogP contribution in [0.15, 0.2) is 41.3 Å². The van der Waals surface area contributed by atoms with Crippen molar-refractivity contribution in [1.29, 1.82) is 0 Å². The number of carbonyl (C=O) groups excluding carboxylic acids is 2. The molecule has 0 aliphatic heterocycles. The first-order chi connectivity index (χ1) is 19.0. The third-order valence-corrected chi connectivity index (χ3v) is 6.53. The van der Waals surface area contributed by atoms with E-state index in [0.717, 1.165) is 35.1 Å². The average Bonchev–Trinajstić information content (AvgIpc) is 3.67. The lowest BCUT2D eigenvalue weighted by atomic mass is 9.95. The highest BCUT2D eigenvalue weighted by atomic mass is 16.6. The van der Waals surface area contributed by atoms with Crippen molar-refractivity contribution in [2.24, 2.45) is 0 Å². The lowest BCUT2D eigenvalue weighted by Gasteiger charge is -2.22. The van der Waals surface area contributed by atoms with Crippen LogP contribution < -0.4 is 16.2 Å². The zero-order valence-corrected chi connectivity index (χ0v) is 24.5. The second-order valence-electron chi connectivity index (χ2n) is 12.3. The number of carboxylic acids is 1. The van der Waals surface area contributed by atoms with Crippen molar-refractivity contribution in [3.63, 3.8) is 0 Å². The number of aromatic nitrogens is 1.